The number of aryl methyl sites for hydroxylation is 2. The Morgan fingerprint density at radius 3 is 2.43 bits per heavy atom. The number of hydrogen-bond acceptors (Lipinski definition) is 3. The number of carbonyl (C=O) groups excluding carboxylic acids is 1. The van der Waals surface area contributed by atoms with E-state index in [-0.39, 0.29) is 6.61 Å². The summed E-state index contributed by atoms with van der Waals surface area (Å²) in [5, 5.41) is 3.38. The topological polar surface area (TPSA) is 64.3 Å². The van der Waals surface area contributed by atoms with Crippen LogP contribution in [0, 0.1) is 13.8 Å². The molecule has 0 aromatic heterocycles. The average molecular weight is 284 g/mol. The lowest BCUT2D eigenvalue weighted by Gasteiger charge is -2.09. The number of nitrogens with two attached hydrogens (primary N) is 1. The molecule has 0 spiro atoms. The lowest BCUT2D eigenvalue weighted by atomic mass is 10.1. The molecule has 21 heavy (non-hydrogen) atoms. The van der Waals surface area contributed by atoms with E-state index >= 15 is 0 Å². The second kappa shape index (κ2) is 6.79. The van der Waals surface area contributed by atoms with E-state index in [2.05, 4.69) is 37.4 Å². The van der Waals surface area contributed by atoms with Crippen molar-refractivity contribution < 1.29 is 9.53 Å². The van der Waals surface area contributed by atoms with Crippen molar-refractivity contribution in [2.45, 2.75) is 20.4 Å². The highest BCUT2D eigenvalue weighted by Gasteiger charge is 1.99. The molecule has 0 heterocycles. The number of primary amides is 1. The number of carbonyl (C=O) groups is 1. The van der Waals surface area contributed by atoms with Gasteiger partial charge in [-0.15, -0.1) is 0 Å². The van der Waals surface area contributed by atoms with Gasteiger partial charge in [-0.2, -0.15) is 0 Å². The molecule has 4 heteroatoms. The van der Waals surface area contributed by atoms with Gasteiger partial charge in [0.1, 0.15) is 5.75 Å². The van der Waals surface area contributed by atoms with E-state index in [0.717, 1.165) is 17.8 Å². The SMILES string of the molecule is Cc1ccc(NCc2ccc(OCC(N)=O)cc2)cc1C. The number of anilines is 1. The Morgan fingerprint density at radius 1 is 1.10 bits per heavy atom. The molecule has 1 amide bonds. The van der Waals surface area contributed by atoms with Gasteiger partial charge in [-0.3, -0.25) is 4.79 Å². The van der Waals surface area contributed by atoms with Crippen molar-refractivity contribution in [2.24, 2.45) is 5.73 Å². The van der Waals surface area contributed by atoms with Crippen LogP contribution in [0.3, 0.4) is 0 Å². The first-order valence-electron chi connectivity index (χ1n) is 6.86. The van der Waals surface area contributed by atoms with Crippen LogP contribution in [0.4, 0.5) is 5.69 Å². The summed E-state index contributed by atoms with van der Waals surface area (Å²) in [5.74, 6) is 0.166. The normalized spacial score (nSPS) is 10.2. The smallest absolute Gasteiger partial charge is 0.255 e. The summed E-state index contributed by atoms with van der Waals surface area (Å²) in [4.78, 5) is 10.6. The number of hydrogen-bond donors (Lipinski definition) is 2. The second-order valence-electron chi connectivity index (χ2n) is 5.05. The molecule has 2 rings (SSSR count). The molecule has 0 radical (unpaired) electrons. The van der Waals surface area contributed by atoms with Crippen molar-refractivity contribution in [1.82, 2.24) is 0 Å². The average Bonchev–Trinajstić information content (AvgIpc) is 2.47. The van der Waals surface area contributed by atoms with E-state index in [1.807, 2.05) is 24.3 Å². The minimum atomic E-state index is -0.476. The van der Waals surface area contributed by atoms with Gasteiger partial charge in [0.05, 0.1) is 0 Å². The zero-order chi connectivity index (χ0) is 15.2. The van der Waals surface area contributed by atoms with Gasteiger partial charge in [-0.25, -0.2) is 0 Å². The van der Waals surface area contributed by atoms with Crippen LogP contribution in [0.2, 0.25) is 0 Å². The third kappa shape index (κ3) is 4.53. The lowest BCUT2D eigenvalue weighted by Crippen LogP contribution is -2.19. The highest BCUT2D eigenvalue weighted by atomic mass is 16.5. The molecule has 0 unspecified atom stereocenters. The van der Waals surface area contributed by atoms with Crippen LogP contribution in [-0.2, 0) is 11.3 Å². The molecule has 2 aromatic carbocycles. The standard InChI is InChI=1S/C17H20N2O2/c1-12-3-6-15(9-13(12)2)19-10-14-4-7-16(8-5-14)21-11-17(18)20/h3-9,19H,10-11H2,1-2H3,(H2,18,20). The Balaban J connectivity index is 1.91. The molecule has 0 saturated carbocycles. The van der Waals surface area contributed by atoms with E-state index in [9.17, 15) is 4.79 Å². The predicted molar refractivity (Wildman–Crippen MR) is 84.4 cm³/mol. The molecular formula is C17H20N2O2. The molecule has 110 valence electrons. The monoisotopic (exact) mass is 284 g/mol. The Morgan fingerprint density at radius 2 is 1.81 bits per heavy atom. The fraction of sp³-hybridized carbons (Fsp3) is 0.235. The van der Waals surface area contributed by atoms with Crippen LogP contribution >= 0.6 is 0 Å². The molecular weight excluding hydrogens is 264 g/mol. The van der Waals surface area contributed by atoms with Gasteiger partial charge in [0.2, 0.25) is 0 Å². The van der Waals surface area contributed by atoms with Crippen LogP contribution in [0.5, 0.6) is 5.75 Å². The number of rotatable bonds is 6. The number of ether oxygens (including phenoxy) is 1. The molecule has 3 N–H and O–H groups in total. The molecule has 0 atom stereocenters. The van der Waals surface area contributed by atoms with E-state index in [4.69, 9.17) is 10.5 Å². The number of benzene rings is 2. The van der Waals surface area contributed by atoms with Crippen molar-refractivity contribution in [3.8, 4) is 5.75 Å². The summed E-state index contributed by atoms with van der Waals surface area (Å²) in [6, 6.07) is 13.9. The van der Waals surface area contributed by atoms with Gasteiger partial charge in [-0.1, -0.05) is 18.2 Å². The van der Waals surface area contributed by atoms with Crippen LogP contribution in [-0.4, -0.2) is 12.5 Å². The Hall–Kier alpha value is -2.49. The zero-order valence-electron chi connectivity index (χ0n) is 12.3. The first kappa shape index (κ1) is 14.9. The summed E-state index contributed by atoms with van der Waals surface area (Å²) < 4.78 is 5.22. The minimum absolute atomic E-state index is 0.0970. The number of nitrogens with one attached hydrogen (secondary N) is 1. The lowest BCUT2D eigenvalue weighted by molar-refractivity contribution is -0.119. The Bertz CT molecular complexity index is 621. The quantitative estimate of drug-likeness (QED) is 0.857. The molecule has 0 saturated heterocycles. The van der Waals surface area contributed by atoms with Crippen molar-refractivity contribution in [3.63, 3.8) is 0 Å². The fourth-order valence-electron chi connectivity index (χ4n) is 1.91. The fourth-order valence-corrected chi connectivity index (χ4v) is 1.91. The van der Waals surface area contributed by atoms with Gasteiger partial charge in [-0.05, 0) is 54.8 Å². The van der Waals surface area contributed by atoms with E-state index in [0.29, 0.717) is 5.75 Å². The van der Waals surface area contributed by atoms with Crippen molar-refractivity contribution in [3.05, 3.63) is 59.2 Å². The maximum absolute atomic E-state index is 10.6. The molecule has 0 aliphatic carbocycles. The highest BCUT2D eigenvalue weighted by molar-refractivity contribution is 5.75. The first-order valence-corrected chi connectivity index (χ1v) is 6.86. The summed E-state index contributed by atoms with van der Waals surface area (Å²) in [7, 11) is 0. The molecule has 2 aromatic rings. The van der Waals surface area contributed by atoms with E-state index in [1.165, 1.54) is 11.1 Å². The van der Waals surface area contributed by atoms with Gasteiger partial charge in [0, 0.05) is 12.2 Å². The molecule has 4 nitrogen and oxygen atoms in total. The highest BCUT2D eigenvalue weighted by Crippen LogP contribution is 2.16. The van der Waals surface area contributed by atoms with Gasteiger partial charge in [0.25, 0.3) is 5.91 Å². The largest absolute Gasteiger partial charge is 0.484 e. The van der Waals surface area contributed by atoms with Gasteiger partial charge in [0.15, 0.2) is 6.61 Å². The zero-order valence-corrected chi connectivity index (χ0v) is 12.3. The minimum Gasteiger partial charge on any atom is -0.484 e. The molecule has 0 aliphatic heterocycles. The maximum Gasteiger partial charge on any atom is 0.255 e. The summed E-state index contributed by atoms with van der Waals surface area (Å²) >= 11 is 0. The summed E-state index contributed by atoms with van der Waals surface area (Å²) in [6.07, 6.45) is 0. The predicted octanol–water partition coefficient (Wildman–Crippen LogP) is 2.78. The maximum atomic E-state index is 10.6. The molecule has 0 aliphatic rings. The number of amides is 1. The van der Waals surface area contributed by atoms with E-state index in [1.54, 1.807) is 0 Å². The van der Waals surface area contributed by atoms with Crippen molar-refractivity contribution in [2.75, 3.05) is 11.9 Å². The van der Waals surface area contributed by atoms with E-state index < -0.39 is 5.91 Å². The Kier molecular flexibility index (Phi) is 4.82. The molecule has 0 bridgehead atoms. The second-order valence-corrected chi connectivity index (χ2v) is 5.05. The van der Waals surface area contributed by atoms with Crippen molar-refractivity contribution in [1.29, 1.82) is 0 Å². The van der Waals surface area contributed by atoms with Gasteiger partial charge >= 0.3 is 0 Å². The third-order valence-corrected chi connectivity index (χ3v) is 3.31. The van der Waals surface area contributed by atoms with Gasteiger partial charge < -0.3 is 15.8 Å². The first-order chi connectivity index (χ1) is 10.0. The molecule has 0 fully saturated rings. The van der Waals surface area contributed by atoms with Crippen molar-refractivity contribution >= 4 is 11.6 Å². The van der Waals surface area contributed by atoms with Crippen LogP contribution < -0.4 is 15.8 Å². The summed E-state index contributed by atoms with van der Waals surface area (Å²) in [6.45, 7) is 4.84. The van der Waals surface area contributed by atoms with Crippen LogP contribution in [0.1, 0.15) is 16.7 Å². The third-order valence-electron chi connectivity index (χ3n) is 3.31. The van der Waals surface area contributed by atoms with Crippen LogP contribution in [0.15, 0.2) is 42.5 Å². The Labute approximate surface area is 124 Å². The van der Waals surface area contributed by atoms with Crippen LogP contribution in [0.25, 0.3) is 0 Å². The summed E-state index contributed by atoms with van der Waals surface area (Å²) in [5.41, 5.74) is 9.84.